The van der Waals surface area contributed by atoms with Crippen LogP contribution in [0, 0.1) is 5.92 Å². The molecule has 2 fully saturated rings. The summed E-state index contributed by atoms with van der Waals surface area (Å²) >= 11 is 1.41. The number of cyclic esters (lactones) is 1. The summed E-state index contributed by atoms with van der Waals surface area (Å²) in [6.07, 6.45) is 4.15. The van der Waals surface area contributed by atoms with E-state index in [9.17, 15) is 9.59 Å². The molecule has 0 bridgehead atoms. The molecule has 0 radical (unpaired) electrons. The van der Waals surface area contributed by atoms with Gasteiger partial charge >= 0.3 is 5.97 Å². The molecule has 1 N–H and O–H groups in total. The standard InChI is InChI=1S/C14H19N3O3S/c1-9-7-11(13(19)20-9)17-5-2-3-10(8-17)12(18)16-14-15-4-6-21-14/h4,6,9-11H,2-3,5,7-8H2,1H3,(H,15,16,18)/t9-,10-,11-/m1/s1. The highest BCUT2D eigenvalue weighted by molar-refractivity contribution is 7.13. The number of aromatic nitrogens is 1. The van der Waals surface area contributed by atoms with E-state index in [0.717, 1.165) is 25.8 Å². The Kier molecular flexibility index (Phi) is 4.21. The third kappa shape index (κ3) is 3.24. The minimum atomic E-state index is -0.185. The zero-order valence-electron chi connectivity index (χ0n) is 11.9. The third-order valence-electron chi connectivity index (χ3n) is 4.07. The maximum absolute atomic E-state index is 12.3. The highest BCUT2D eigenvalue weighted by atomic mass is 32.1. The van der Waals surface area contributed by atoms with Crippen molar-refractivity contribution in [2.45, 2.75) is 38.3 Å². The predicted molar refractivity (Wildman–Crippen MR) is 79.0 cm³/mol. The first-order valence-electron chi connectivity index (χ1n) is 7.28. The lowest BCUT2D eigenvalue weighted by Gasteiger charge is -2.34. The molecular formula is C14H19N3O3S. The fourth-order valence-electron chi connectivity index (χ4n) is 3.03. The maximum Gasteiger partial charge on any atom is 0.323 e. The van der Waals surface area contributed by atoms with Crippen LogP contribution in [0.25, 0.3) is 0 Å². The van der Waals surface area contributed by atoms with Crippen LogP contribution in [-0.2, 0) is 14.3 Å². The number of amides is 1. The first kappa shape index (κ1) is 14.5. The van der Waals surface area contributed by atoms with Gasteiger partial charge in [0.2, 0.25) is 5.91 Å². The van der Waals surface area contributed by atoms with Crippen molar-refractivity contribution in [1.82, 2.24) is 9.88 Å². The minimum absolute atomic E-state index is 0.00550. The van der Waals surface area contributed by atoms with E-state index < -0.39 is 0 Å². The number of esters is 1. The first-order chi connectivity index (χ1) is 10.1. The van der Waals surface area contributed by atoms with Gasteiger partial charge in [0, 0.05) is 24.5 Å². The topological polar surface area (TPSA) is 71.5 Å². The smallest absolute Gasteiger partial charge is 0.323 e. The quantitative estimate of drug-likeness (QED) is 0.857. The van der Waals surface area contributed by atoms with Gasteiger partial charge in [-0.15, -0.1) is 11.3 Å². The molecule has 1 aromatic rings. The van der Waals surface area contributed by atoms with Crippen molar-refractivity contribution < 1.29 is 14.3 Å². The molecule has 7 heteroatoms. The summed E-state index contributed by atoms with van der Waals surface area (Å²) in [5.74, 6) is -0.246. The van der Waals surface area contributed by atoms with Gasteiger partial charge in [-0.1, -0.05) is 0 Å². The van der Waals surface area contributed by atoms with Gasteiger partial charge in [0.15, 0.2) is 5.13 Å². The maximum atomic E-state index is 12.3. The van der Waals surface area contributed by atoms with E-state index >= 15 is 0 Å². The summed E-state index contributed by atoms with van der Waals surface area (Å²) in [6.45, 7) is 3.38. The molecule has 21 heavy (non-hydrogen) atoms. The summed E-state index contributed by atoms with van der Waals surface area (Å²) in [7, 11) is 0. The largest absolute Gasteiger partial charge is 0.461 e. The van der Waals surface area contributed by atoms with E-state index in [1.54, 1.807) is 6.20 Å². The van der Waals surface area contributed by atoms with Crippen LogP contribution >= 0.6 is 11.3 Å². The van der Waals surface area contributed by atoms with Crippen LogP contribution in [0.3, 0.4) is 0 Å². The van der Waals surface area contributed by atoms with Gasteiger partial charge in [-0.2, -0.15) is 0 Å². The van der Waals surface area contributed by atoms with Crippen molar-refractivity contribution in [2.75, 3.05) is 18.4 Å². The monoisotopic (exact) mass is 309 g/mol. The highest BCUT2D eigenvalue weighted by Crippen LogP contribution is 2.26. The lowest BCUT2D eigenvalue weighted by Crippen LogP contribution is -2.47. The Balaban J connectivity index is 1.60. The van der Waals surface area contributed by atoms with Gasteiger partial charge in [0.1, 0.15) is 12.1 Å². The Morgan fingerprint density at radius 1 is 1.57 bits per heavy atom. The number of anilines is 1. The lowest BCUT2D eigenvalue weighted by molar-refractivity contribution is -0.145. The second-order valence-corrected chi connectivity index (χ2v) is 6.55. The molecule has 1 aromatic heterocycles. The lowest BCUT2D eigenvalue weighted by atomic mass is 9.95. The molecule has 3 atom stereocenters. The molecule has 1 amide bonds. The first-order valence-corrected chi connectivity index (χ1v) is 8.16. The molecule has 2 aliphatic heterocycles. The van der Waals surface area contributed by atoms with Crippen LogP contribution < -0.4 is 5.32 Å². The summed E-state index contributed by atoms with van der Waals surface area (Å²) in [4.78, 5) is 30.3. The van der Waals surface area contributed by atoms with Crippen LogP contribution in [0.4, 0.5) is 5.13 Å². The van der Waals surface area contributed by atoms with Crippen LogP contribution in [0.1, 0.15) is 26.2 Å². The second kappa shape index (κ2) is 6.11. The molecule has 0 aliphatic carbocycles. The zero-order valence-corrected chi connectivity index (χ0v) is 12.8. The molecule has 3 heterocycles. The third-order valence-corrected chi connectivity index (χ3v) is 4.76. The fraction of sp³-hybridized carbons (Fsp3) is 0.643. The van der Waals surface area contributed by atoms with E-state index in [1.165, 1.54) is 11.3 Å². The molecular weight excluding hydrogens is 290 g/mol. The minimum Gasteiger partial charge on any atom is -0.461 e. The van der Waals surface area contributed by atoms with Crippen molar-refractivity contribution in [3.8, 4) is 0 Å². The number of nitrogens with one attached hydrogen (secondary N) is 1. The van der Waals surface area contributed by atoms with Gasteiger partial charge in [-0.3, -0.25) is 14.5 Å². The Morgan fingerprint density at radius 3 is 3.10 bits per heavy atom. The van der Waals surface area contributed by atoms with E-state index in [4.69, 9.17) is 4.74 Å². The zero-order chi connectivity index (χ0) is 14.8. The van der Waals surface area contributed by atoms with Crippen molar-refractivity contribution >= 4 is 28.3 Å². The van der Waals surface area contributed by atoms with Gasteiger partial charge in [-0.05, 0) is 26.3 Å². The summed E-state index contributed by atoms with van der Waals surface area (Å²) < 4.78 is 5.22. The van der Waals surface area contributed by atoms with Crippen molar-refractivity contribution in [2.24, 2.45) is 5.92 Å². The number of piperidine rings is 1. The Morgan fingerprint density at radius 2 is 2.43 bits per heavy atom. The molecule has 0 spiro atoms. The van der Waals surface area contributed by atoms with E-state index in [-0.39, 0.29) is 29.9 Å². The molecule has 6 nitrogen and oxygen atoms in total. The second-order valence-electron chi connectivity index (χ2n) is 5.66. The summed E-state index contributed by atoms with van der Waals surface area (Å²) in [6, 6.07) is -0.185. The van der Waals surface area contributed by atoms with Crippen molar-refractivity contribution in [3.05, 3.63) is 11.6 Å². The molecule has 0 unspecified atom stereocenters. The molecule has 114 valence electrons. The van der Waals surface area contributed by atoms with Gasteiger partial charge < -0.3 is 10.1 Å². The van der Waals surface area contributed by atoms with E-state index in [1.807, 2.05) is 12.3 Å². The molecule has 0 saturated carbocycles. The van der Waals surface area contributed by atoms with Crippen LogP contribution in [0.2, 0.25) is 0 Å². The predicted octanol–water partition coefficient (Wildman–Crippen LogP) is 1.50. The number of carbonyl (C=O) groups excluding carboxylic acids is 2. The van der Waals surface area contributed by atoms with Crippen LogP contribution in [0.15, 0.2) is 11.6 Å². The number of carbonyl (C=O) groups is 2. The fourth-order valence-corrected chi connectivity index (χ4v) is 3.56. The molecule has 2 saturated heterocycles. The van der Waals surface area contributed by atoms with Crippen LogP contribution in [0.5, 0.6) is 0 Å². The molecule has 0 aromatic carbocycles. The number of nitrogens with zero attached hydrogens (tertiary/aromatic N) is 2. The number of likely N-dealkylation sites (tertiary alicyclic amines) is 1. The molecule has 3 rings (SSSR count). The molecule has 2 aliphatic rings. The van der Waals surface area contributed by atoms with Gasteiger partial charge in [0.05, 0.1) is 5.92 Å². The SMILES string of the molecule is C[C@@H]1C[C@@H](N2CCC[C@@H](C(=O)Nc3nccs3)C2)C(=O)O1. The normalized spacial score (nSPS) is 30.1. The Labute approximate surface area is 127 Å². The Hall–Kier alpha value is -1.47. The highest BCUT2D eigenvalue weighted by Gasteiger charge is 2.39. The number of ether oxygens (including phenoxy) is 1. The number of hydrogen-bond acceptors (Lipinski definition) is 6. The van der Waals surface area contributed by atoms with Gasteiger partial charge in [0.25, 0.3) is 0 Å². The van der Waals surface area contributed by atoms with Crippen molar-refractivity contribution in [3.63, 3.8) is 0 Å². The van der Waals surface area contributed by atoms with Crippen molar-refractivity contribution in [1.29, 1.82) is 0 Å². The Bertz CT molecular complexity index is 520. The number of hydrogen-bond donors (Lipinski definition) is 1. The average molecular weight is 309 g/mol. The summed E-state index contributed by atoms with van der Waals surface area (Å²) in [5, 5.41) is 5.31. The van der Waals surface area contributed by atoms with E-state index in [0.29, 0.717) is 11.7 Å². The number of rotatable bonds is 3. The van der Waals surface area contributed by atoms with E-state index in [2.05, 4.69) is 15.2 Å². The average Bonchev–Trinajstić information content (AvgIpc) is 3.08. The van der Waals surface area contributed by atoms with Crippen LogP contribution in [-0.4, -0.2) is 47.0 Å². The number of thiazole rings is 1. The van der Waals surface area contributed by atoms with Gasteiger partial charge in [-0.25, -0.2) is 4.98 Å². The summed E-state index contributed by atoms with van der Waals surface area (Å²) in [5.41, 5.74) is 0.